The van der Waals surface area contributed by atoms with Gasteiger partial charge in [-0.3, -0.25) is 4.79 Å². The van der Waals surface area contributed by atoms with Gasteiger partial charge in [-0.15, -0.1) is 0 Å². The second kappa shape index (κ2) is 10.7. The van der Waals surface area contributed by atoms with Gasteiger partial charge in [-0.25, -0.2) is 4.98 Å². The van der Waals surface area contributed by atoms with E-state index in [1.165, 1.54) is 0 Å². The number of aliphatic hydroxyl groups is 1. The Morgan fingerprint density at radius 2 is 2.03 bits per heavy atom. The van der Waals surface area contributed by atoms with Gasteiger partial charge in [-0.05, 0) is 59.3 Å². The maximum Gasteiger partial charge on any atom is 0.227 e. The van der Waals surface area contributed by atoms with Crippen LogP contribution in [0.1, 0.15) is 57.9 Å². The molecule has 4 rings (SSSR count). The number of carbonyl (C=O) groups is 1. The molecule has 0 saturated heterocycles. The number of nitrogens with one attached hydrogen (secondary N) is 3. The number of unbranched alkanes of at least 4 members (excludes halogenated alkanes) is 1. The summed E-state index contributed by atoms with van der Waals surface area (Å²) in [5, 5.41) is 24.6. The van der Waals surface area contributed by atoms with E-state index < -0.39 is 5.54 Å². The van der Waals surface area contributed by atoms with Crippen LogP contribution < -0.4 is 16.0 Å². The van der Waals surface area contributed by atoms with Crippen LogP contribution in [-0.4, -0.2) is 37.8 Å². The number of halogens is 1. The van der Waals surface area contributed by atoms with E-state index in [0.29, 0.717) is 18.0 Å². The molecule has 1 unspecified atom stereocenters. The molecule has 1 saturated carbocycles. The van der Waals surface area contributed by atoms with E-state index in [2.05, 4.69) is 50.8 Å². The number of anilines is 3. The normalized spacial score (nSPS) is 15.2. The molecule has 1 fully saturated rings. The van der Waals surface area contributed by atoms with Gasteiger partial charge in [0.15, 0.2) is 5.65 Å². The highest BCUT2D eigenvalue weighted by Gasteiger charge is 2.29. The number of carbonyl (C=O) groups excluding carboxylic acids is 1. The number of nitrogens with zero attached hydrogens (tertiary/aromatic N) is 3. The molecule has 1 aliphatic rings. The summed E-state index contributed by atoms with van der Waals surface area (Å²) in [6, 6.07) is 9.81. The summed E-state index contributed by atoms with van der Waals surface area (Å²) in [6.07, 6.45) is 7.47. The van der Waals surface area contributed by atoms with Crippen molar-refractivity contribution in [2.24, 2.45) is 5.92 Å². The third-order valence-electron chi connectivity index (χ3n) is 6.45. The van der Waals surface area contributed by atoms with Crippen molar-refractivity contribution in [2.45, 2.75) is 64.5 Å². The minimum Gasteiger partial charge on any atom is -0.394 e. The van der Waals surface area contributed by atoms with Crippen molar-refractivity contribution in [3.8, 4) is 0 Å². The van der Waals surface area contributed by atoms with Gasteiger partial charge < -0.3 is 21.1 Å². The Hall–Kier alpha value is -2.65. The largest absolute Gasteiger partial charge is 0.394 e. The van der Waals surface area contributed by atoms with Gasteiger partial charge in [0.2, 0.25) is 5.91 Å². The predicted molar refractivity (Wildman–Crippen MR) is 139 cm³/mol. The summed E-state index contributed by atoms with van der Waals surface area (Å²) in [4.78, 5) is 16.7. The summed E-state index contributed by atoms with van der Waals surface area (Å²) in [7, 11) is 0. The van der Waals surface area contributed by atoms with Gasteiger partial charge in [-0.2, -0.15) is 9.61 Å². The summed E-state index contributed by atoms with van der Waals surface area (Å²) < 4.78 is 2.56. The monoisotopic (exact) mass is 528 g/mol. The molecule has 0 spiro atoms. The van der Waals surface area contributed by atoms with Gasteiger partial charge in [0.1, 0.15) is 11.6 Å². The first-order valence-electron chi connectivity index (χ1n) is 12.0. The first-order chi connectivity index (χ1) is 16.5. The Kier molecular flexibility index (Phi) is 7.73. The van der Waals surface area contributed by atoms with Crippen molar-refractivity contribution >= 4 is 44.8 Å². The van der Waals surface area contributed by atoms with Gasteiger partial charge in [0.25, 0.3) is 0 Å². The van der Waals surface area contributed by atoms with E-state index >= 15 is 0 Å². The van der Waals surface area contributed by atoms with E-state index in [1.54, 1.807) is 10.7 Å². The van der Waals surface area contributed by atoms with Crippen LogP contribution in [0.5, 0.6) is 0 Å². The molecule has 3 aromatic rings. The van der Waals surface area contributed by atoms with Gasteiger partial charge in [0, 0.05) is 24.2 Å². The molecule has 8 nitrogen and oxygen atoms in total. The zero-order valence-corrected chi connectivity index (χ0v) is 21.4. The van der Waals surface area contributed by atoms with E-state index in [-0.39, 0.29) is 18.4 Å². The van der Waals surface area contributed by atoms with Gasteiger partial charge in [0.05, 0.1) is 22.8 Å². The number of aliphatic hydroxyl groups excluding tert-OH is 1. The van der Waals surface area contributed by atoms with Crippen LogP contribution in [0.4, 0.5) is 17.3 Å². The molecule has 1 amide bonds. The van der Waals surface area contributed by atoms with Gasteiger partial charge in [-0.1, -0.05) is 38.8 Å². The number of amides is 1. The zero-order chi connectivity index (χ0) is 24.1. The number of hydrogen-bond acceptors (Lipinski definition) is 6. The third kappa shape index (κ3) is 5.70. The highest BCUT2D eigenvalue weighted by Crippen LogP contribution is 2.30. The second-order valence-electron chi connectivity index (χ2n) is 9.09. The molecule has 1 atom stereocenters. The highest BCUT2D eigenvalue weighted by atomic mass is 79.9. The number of benzene rings is 1. The van der Waals surface area contributed by atoms with Crippen LogP contribution in [0.25, 0.3) is 5.65 Å². The summed E-state index contributed by atoms with van der Waals surface area (Å²) in [5.41, 5.74) is 2.19. The van der Waals surface area contributed by atoms with Crippen molar-refractivity contribution in [2.75, 3.05) is 22.6 Å². The first-order valence-corrected chi connectivity index (χ1v) is 12.8. The topological polar surface area (TPSA) is 104 Å². The molecule has 0 aliphatic heterocycles. The molecule has 2 aromatic heterocycles. The number of fused-ring (bicyclic) bond motifs is 1. The molecule has 0 radical (unpaired) electrons. The van der Waals surface area contributed by atoms with E-state index in [1.807, 2.05) is 30.3 Å². The summed E-state index contributed by atoms with van der Waals surface area (Å²) >= 11 is 3.54. The zero-order valence-electron chi connectivity index (χ0n) is 19.8. The lowest BCUT2D eigenvalue weighted by Gasteiger charge is -2.33. The van der Waals surface area contributed by atoms with E-state index in [4.69, 9.17) is 4.98 Å². The summed E-state index contributed by atoms with van der Waals surface area (Å²) in [6.45, 7) is 4.87. The van der Waals surface area contributed by atoms with Crippen LogP contribution in [0.15, 0.2) is 41.0 Å². The maximum absolute atomic E-state index is 12.0. The Bertz CT molecular complexity index is 1120. The quantitative estimate of drug-likeness (QED) is 0.257. The lowest BCUT2D eigenvalue weighted by atomic mass is 9.90. The highest BCUT2D eigenvalue weighted by molar-refractivity contribution is 9.10. The average molecular weight is 529 g/mol. The summed E-state index contributed by atoms with van der Waals surface area (Å²) in [5.74, 6) is 1.79. The first kappa shape index (κ1) is 24.5. The van der Waals surface area contributed by atoms with Crippen molar-refractivity contribution in [1.29, 1.82) is 0 Å². The standard InChI is InChI=1S/C25H33BrN6O2/c1-3-5-12-25(4-2,16-33)31-21-13-22(32-23(30-21)20(26)15-28-32)27-14-17-6-10-19(11-7-17)29-24(34)18-8-9-18/h6-7,10-11,13,15,18,27,33H,3-5,8-9,12,14,16H2,1-2H3,(H,29,34)(H,30,31). The van der Waals surface area contributed by atoms with Crippen LogP contribution in [0, 0.1) is 5.92 Å². The number of hydrogen-bond donors (Lipinski definition) is 4. The predicted octanol–water partition coefficient (Wildman–Crippen LogP) is 5.20. The lowest BCUT2D eigenvalue weighted by Crippen LogP contribution is -2.41. The van der Waals surface area contributed by atoms with Crippen molar-refractivity contribution in [1.82, 2.24) is 14.6 Å². The molecule has 9 heteroatoms. The van der Waals surface area contributed by atoms with E-state index in [9.17, 15) is 9.90 Å². The van der Waals surface area contributed by atoms with Crippen LogP contribution in [-0.2, 0) is 11.3 Å². The molecule has 182 valence electrons. The van der Waals surface area contributed by atoms with Crippen LogP contribution in [0.3, 0.4) is 0 Å². The minimum atomic E-state index is -0.411. The maximum atomic E-state index is 12.0. The molecule has 34 heavy (non-hydrogen) atoms. The van der Waals surface area contributed by atoms with Crippen LogP contribution in [0.2, 0.25) is 0 Å². The Morgan fingerprint density at radius 3 is 2.68 bits per heavy atom. The lowest BCUT2D eigenvalue weighted by molar-refractivity contribution is -0.117. The minimum absolute atomic E-state index is 0.0448. The molecule has 0 bridgehead atoms. The smallest absolute Gasteiger partial charge is 0.227 e. The number of rotatable bonds is 12. The third-order valence-corrected chi connectivity index (χ3v) is 7.01. The Balaban J connectivity index is 1.50. The number of aromatic nitrogens is 3. The molecular formula is C25H33BrN6O2. The molecule has 4 N–H and O–H groups in total. The Labute approximate surface area is 208 Å². The second-order valence-corrected chi connectivity index (χ2v) is 9.94. The van der Waals surface area contributed by atoms with Gasteiger partial charge >= 0.3 is 0 Å². The molecular weight excluding hydrogens is 496 g/mol. The van der Waals surface area contributed by atoms with Crippen molar-refractivity contribution in [3.63, 3.8) is 0 Å². The average Bonchev–Trinajstić information content (AvgIpc) is 3.65. The van der Waals surface area contributed by atoms with Crippen molar-refractivity contribution < 1.29 is 9.90 Å². The molecule has 2 heterocycles. The van der Waals surface area contributed by atoms with Crippen LogP contribution >= 0.6 is 15.9 Å². The Morgan fingerprint density at radius 1 is 1.26 bits per heavy atom. The van der Waals surface area contributed by atoms with Crippen molar-refractivity contribution in [3.05, 3.63) is 46.6 Å². The fourth-order valence-electron chi connectivity index (χ4n) is 3.96. The fraction of sp³-hybridized carbons (Fsp3) is 0.480. The molecule has 1 aromatic carbocycles. The molecule has 1 aliphatic carbocycles. The van der Waals surface area contributed by atoms with E-state index in [0.717, 1.165) is 60.1 Å². The fourth-order valence-corrected chi connectivity index (χ4v) is 4.31. The SMILES string of the molecule is CCCCC(CC)(CO)Nc1cc(NCc2ccc(NC(=O)C3CC3)cc2)n2ncc(Br)c2n1.